The van der Waals surface area contributed by atoms with Gasteiger partial charge in [-0.05, 0) is 32.1 Å². The first kappa shape index (κ1) is 14.5. The highest BCUT2D eigenvalue weighted by atomic mass is 35.5. The van der Waals surface area contributed by atoms with Crippen molar-refractivity contribution < 1.29 is 4.79 Å². The van der Waals surface area contributed by atoms with Crippen molar-refractivity contribution in [2.45, 2.75) is 13.0 Å². The largest absolute Gasteiger partial charge is 0.305 e. The molecule has 0 aromatic heterocycles. The van der Waals surface area contributed by atoms with Crippen molar-refractivity contribution in [3.05, 3.63) is 34.9 Å². The number of Topliss-reactive ketones (excluding diaryl/α,β-unsaturated/α-hetero) is 1. The lowest BCUT2D eigenvalue weighted by atomic mass is 10.1. The Morgan fingerprint density at radius 1 is 1.42 bits per heavy atom. The Labute approximate surface area is 120 Å². The molecule has 1 aliphatic rings. The fraction of sp³-hybridized carbons (Fsp3) is 0.533. The molecule has 2 rings (SSSR count). The van der Waals surface area contributed by atoms with Gasteiger partial charge in [0.05, 0.1) is 6.54 Å². The zero-order valence-electron chi connectivity index (χ0n) is 11.8. The summed E-state index contributed by atoms with van der Waals surface area (Å²) < 4.78 is 0. The van der Waals surface area contributed by atoms with Crippen molar-refractivity contribution >= 4 is 17.4 Å². The maximum Gasteiger partial charge on any atom is 0.176 e. The summed E-state index contributed by atoms with van der Waals surface area (Å²) in [6.07, 6.45) is 0. The van der Waals surface area contributed by atoms with Crippen LogP contribution in [0.25, 0.3) is 0 Å². The summed E-state index contributed by atoms with van der Waals surface area (Å²) in [5.74, 6) is 0.747. The van der Waals surface area contributed by atoms with Crippen molar-refractivity contribution in [1.29, 1.82) is 0 Å². The molecule has 0 aliphatic carbocycles. The first-order chi connectivity index (χ1) is 8.97. The number of carbonyl (C=O) groups excluding carboxylic acids is 1. The minimum Gasteiger partial charge on any atom is -0.305 e. The summed E-state index contributed by atoms with van der Waals surface area (Å²) in [7, 11) is 4.20. The molecule has 0 N–H and O–H groups in total. The Kier molecular flexibility index (Phi) is 4.61. The molecule has 104 valence electrons. The van der Waals surface area contributed by atoms with E-state index in [-0.39, 0.29) is 5.78 Å². The minimum atomic E-state index is 0.147. The molecular weight excluding hydrogens is 260 g/mol. The van der Waals surface area contributed by atoms with Crippen LogP contribution in [0.15, 0.2) is 24.3 Å². The Hall–Kier alpha value is -0.900. The average Bonchev–Trinajstić information content (AvgIpc) is 2.70. The Morgan fingerprint density at radius 2 is 2.16 bits per heavy atom. The molecule has 0 spiro atoms. The van der Waals surface area contributed by atoms with Crippen LogP contribution in [0, 0.1) is 5.92 Å². The molecule has 1 aliphatic heterocycles. The van der Waals surface area contributed by atoms with E-state index in [0.717, 1.165) is 13.1 Å². The Bertz CT molecular complexity index is 461. The standard InChI is InChI=1S/C15H21ClN2O/c1-11-8-18(9-14(11)17(2)3)10-15(19)12-5-4-6-13(16)7-12/h4-7,11,14H,8-10H2,1-3H3. The number of hydrogen-bond donors (Lipinski definition) is 0. The second kappa shape index (κ2) is 6.04. The number of nitrogens with zero attached hydrogens (tertiary/aromatic N) is 2. The molecule has 0 saturated carbocycles. The highest BCUT2D eigenvalue weighted by Crippen LogP contribution is 2.20. The van der Waals surface area contributed by atoms with Crippen molar-refractivity contribution in [2.24, 2.45) is 5.92 Å². The molecule has 1 aromatic carbocycles. The van der Waals surface area contributed by atoms with Crippen molar-refractivity contribution in [1.82, 2.24) is 9.80 Å². The lowest BCUT2D eigenvalue weighted by molar-refractivity contribution is 0.0941. The Balaban J connectivity index is 1.97. The monoisotopic (exact) mass is 280 g/mol. The van der Waals surface area contributed by atoms with Gasteiger partial charge in [0.1, 0.15) is 0 Å². The average molecular weight is 281 g/mol. The maximum absolute atomic E-state index is 12.2. The van der Waals surface area contributed by atoms with Crippen LogP contribution in [-0.4, -0.2) is 55.4 Å². The fourth-order valence-corrected chi connectivity index (χ4v) is 3.00. The molecule has 4 heteroatoms. The molecule has 2 unspecified atom stereocenters. The minimum absolute atomic E-state index is 0.147. The SMILES string of the molecule is CC1CN(CC(=O)c2cccc(Cl)c2)CC1N(C)C. The van der Waals surface area contributed by atoms with Gasteiger partial charge >= 0.3 is 0 Å². The molecule has 0 radical (unpaired) electrons. The van der Waals surface area contributed by atoms with E-state index in [1.54, 1.807) is 12.1 Å². The smallest absolute Gasteiger partial charge is 0.176 e. The van der Waals surface area contributed by atoms with Gasteiger partial charge in [-0.15, -0.1) is 0 Å². The van der Waals surface area contributed by atoms with Crippen LogP contribution in [0.5, 0.6) is 0 Å². The number of likely N-dealkylation sites (N-methyl/N-ethyl adjacent to an activating group) is 1. The van der Waals surface area contributed by atoms with E-state index >= 15 is 0 Å². The van der Waals surface area contributed by atoms with E-state index in [0.29, 0.717) is 29.1 Å². The zero-order chi connectivity index (χ0) is 14.0. The topological polar surface area (TPSA) is 23.6 Å². The summed E-state index contributed by atoms with van der Waals surface area (Å²) in [4.78, 5) is 16.7. The van der Waals surface area contributed by atoms with E-state index < -0.39 is 0 Å². The molecule has 1 aromatic rings. The van der Waals surface area contributed by atoms with Gasteiger partial charge in [-0.25, -0.2) is 0 Å². The second-order valence-corrected chi connectivity index (χ2v) is 6.07. The predicted molar refractivity (Wildman–Crippen MR) is 78.9 cm³/mol. The van der Waals surface area contributed by atoms with Gasteiger partial charge in [0, 0.05) is 29.7 Å². The number of rotatable bonds is 4. The molecule has 2 atom stereocenters. The first-order valence-electron chi connectivity index (χ1n) is 6.65. The van der Waals surface area contributed by atoms with Crippen LogP contribution >= 0.6 is 11.6 Å². The van der Waals surface area contributed by atoms with Crippen LogP contribution in [0.2, 0.25) is 5.02 Å². The third-order valence-electron chi connectivity index (χ3n) is 3.83. The van der Waals surface area contributed by atoms with Crippen LogP contribution in [0.3, 0.4) is 0 Å². The van der Waals surface area contributed by atoms with E-state index in [2.05, 4.69) is 30.8 Å². The van der Waals surface area contributed by atoms with Crippen LogP contribution in [0.4, 0.5) is 0 Å². The number of ketones is 1. The van der Waals surface area contributed by atoms with Crippen LogP contribution in [-0.2, 0) is 0 Å². The molecule has 1 fully saturated rings. The fourth-order valence-electron chi connectivity index (χ4n) is 2.81. The summed E-state index contributed by atoms with van der Waals surface area (Å²) in [5.41, 5.74) is 0.702. The highest BCUT2D eigenvalue weighted by molar-refractivity contribution is 6.31. The molecule has 19 heavy (non-hydrogen) atoms. The summed E-state index contributed by atoms with van der Waals surface area (Å²) in [6.45, 7) is 4.67. The summed E-state index contributed by atoms with van der Waals surface area (Å²) in [6, 6.07) is 7.72. The van der Waals surface area contributed by atoms with Crippen LogP contribution in [0.1, 0.15) is 17.3 Å². The third kappa shape index (κ3) is 3.56. The van der Waals surface area contributed by atoms with Gasteiger partial charge in [-0.2, -0.15) is 0 Å². The molecule has 0 bridgehead atoms. The van der Waals surface area contributed by atoms with E-state index in [4.69, 9.17) is 11.6 Å². The van der Waals surface area contributed by atoms with Gasteiger partial charge in [0.2, 0.25) is 0 Å². The van der Waals surface area contributed by atoms with E-state index in [1.165, 1.54) is 0 Å². The molecule has 0 amide bonds. The molecular formula is C15H21ClN2O. The number of halogens is 1. The van der Waals surface area contributed by atoms with Crippen LogP contribution < -0.4 is 0 Å². The van der Waals surface area contributed by atoms with Crippen molar-refractivity contribution in [3.8, 4) is 0 Å². The zero-order valence-corrected chi connectivity index (χ0v) is 12.5. The highest BCUT2D eigenvalue weighted by Gasteiger charge is 2.31. The van der Waals surface area contributed by atoms with Crippen molar-refractivity contribution in [2.75, 3.05) is 33.7 Å². The van der Waals surface area contributed by atoms with Gasteiger partial charge in [-0.1, -0.05) is 30.7 Å². The van der Waals surface area contributed by atoms with Gasteiger partial charge < -0.3 is 4.90 Å². The van der Waals surface area contributed by atoms with Crippen molar-refractivity contribution in [3.63, 3.8) is 0 Å². The summed E-state index contributed by atoms with van der Waals surface area (Å²) >= 11 is 5.92. The number of likely N-dealkylation sites (tertiary alicyclic amines) is 1. The number of carbonyl (C=O) groups is 1. The van der Waals surface area contributed by atoms with Gasteiger partial charge in [0.25, 0.3) is 0 Å². The molecule has 3 nitrogen and oxygen atoms in total. The lowest BCUT2D eigenvalue weighted by Crippen LogP contribution is -2.35. The summed E-state index contributed by atoms with van der Waals surface area (Å²) in [5, 5.41) is 0.617. The first-order valence-corrected chi connectivity index (χ1v) is 7.02. The number of benzene rings is 1. The maximum atomic E-state index is 12.2. The Morgan fingerprint density at radius 3 is 2.74 bits per heavy atom. The second-order valence-electron chi connectivity index (χ2n) is 5.64. The number of hydrogen-bond acceptors (Lipinski definition) is 3. The quantitative estimate of drug-likeness (QED) is 0.792. The lowest BCUT2D eigenvalue weighted by Gasteiger charge is -2.22. The predicted octanol–water partition coefficient (Wildman–Crippen LogP) is 2.40. The van der Waals surface area contributed by atoms with E-state index in [1.807, 2.05) is 12.1 Å². The van der Waals surface area contributed by atoms with Gasteiger partial charge in [0.15, 0.2) is 5.78 Å². The molecule has 1 saturated heterocycles. The van der Waals surface area contributed by atoms with E-state index in [9.17, 15) is 4.79 Å². The third-order valence-corrected chi connectivity index (χ3v) is 4.06. The van der Waals surface area contributed by atoms with Gasteiger partial charge in [-0.3, -0.25) is 9.69 Å². The normalized spacial score (nSPS) is 24.1. The molecule has 1 heterocycles.